The molecule has 1 aromatic heterocycles. The van der Waals surface area contributed by atoms with E-state index in [1.54, 1.807) is 18.3 Å². The Morgan fingerprint density at radius 3 is 2.42 bits per heavy atom. The lowest BCUT2D eigenvalue weighted by atomic mass is 10.1. The van der Waals surface area contributed by atoms with Crippen LogP contribution in [0.4, 0.5) is 10.1 Å². The van der Waals surface area contributed by atoms with Gasteiger partial charge in [0.05, 0.1) is 18.5 Å². The highest BCUT2D eigenvalue weighted by atomic mass is 19.1. The van der Waals surface area contributed by atoms with Crippen molar-refractivity contribution >= 4 is 11.6 Å². The molecule has 134 valence electrons. The maximum absolute atomic E-state index is 13.1. The molecule has 1 heterocycles. The summed E-state index contributed by atoms with van der Waals surface area (Å²) in [7, 11) is 0. The van der Waals surface area contributed by atoms with Gasteiger partial charge in [0.2, 0.25) is 0 Å². The van der Waals surface area contributed by atoms with Gasteiger partial charge in [-0.05, 0) is 55.3 Å². The smallest absolute Gasteiger partial charge is 0.280 e. The third-order valence-electron chi connectivity index (χ3n) is 3.91. The zero-order chi connectivity index (χ0) is 18.5. The van der Waals surface area contributed by atoms with Crippen LogP contribution >= 0.6 is 0 Å². The van der Waals surface area contributed by atoms with E-state index < -0.39 is 0 Å². The van der Waals surface area contributed by atoms with E-state index in [4.69, 9.17) is 4.74 Å². The van der Waals surface area contributed by atoms with Crippen LogP contribution in [0.15, 0.2) is 54.7 Å². The van der Waals surface area contributed by atoms with Gasteiger partial charge in [-0.15, -0.1) is 0 Å². The normalized spacial score (nSPS) is 10.6. The first-order valence-corrected chi connectivity index (χ1v) is 8.49. The van der Waals surface area contributed by atoms with Crippen LogP contribution in [0.3, 0.4) is 0 Å². The minimum Gasteiger partial charge on any atom is -0.490 e. The minimum absolute atomic E-state index is 0.177. The number of amides is 1. The predicted molar refractivity (Wildman–Crippen MR) is 98.5 cm³/mol. The Balaban J connectivity index is 1.86. The third kappa shape index (κ3) is 3.91. The van der Waals surface area contributed by atoms with Gasteiger partial charge in [0.1, 0.15) is 5.82 Å². The molecule has 0 fully saturated rings. The highest BCUT2D eigenvalue weighted by Crippen LogP contribution is 2.22. The topological polar surface area (TPSA) is 56.2 Å². The number of carbonyl (C=O) groups excluding carboxylic acids is 1. The standard InChI is InChI=1S/C20H20FN3O2/c1-3-14-5-9-16(10-6-14)22-20(25)19-18(26-4-2)13-24(23-19)17-11-7-15(21)8-12-17/h5-13H,3-4H2,1-2H3,(H,22,25). The molecule has 6 heteroatoms. The summed E-state index contributed by atoms with van der Waals surface area (Å²) in [5.41, 5.74) is 2.69. The second kappa shape index (κ2) is 7.82. The molecule has 0 aliphatic carbocycles. The maximum atomic E-state index is 13.1. The van der Waals surface area contributed by atoms with Crippen molar-refractivity contribution in [1.82, 2.24) is 9.78 Å². The van der Waals surface area contributed by atoms with E-state index in [0.29, 0.717) is 23.7 Å². The number of hydrogen-bond acceptors (Lipinski definition) is 3. The second-order valence-corrected chi connectivity index (χ2v) is 5.70. The highest BCUT2D eigenvalue weighted by molar-refractivity contribution is 6.04. The van der Waals surface area contributed by atoms with Gasteiger partial charge in [0.25, 0.3) is 5.91 Å². The van der Waals surface area contributed by atoms with Gasteiger partial charge in [0.15, 0.2) is 11.4 Å². The Bertz CT molecular complexity index is 886. The number of carbonyl (C=O) groups is 1. The molecule has 0 bridgehead atoms. The second-order valence-electron chi connectivity index (χ2n) is 5.70. The van der Waals surface area contributed by atoms with E-state index in [9.17, 15) is 9.18 Å². The molecule has 0 aliphatic heterocycles. The van der Waals surface area contributed by atoms with Crippen LogP contribution in [-0.2, 0) is 6.42 Å². The largest absolute Gasteiger partial charge is 0.490 e. The molecule has 0 saturated heterocycles. The van der Waals surface area contributed by atoms with E-state index in [-0.39, 0.29) is 17.4 Å². The van der Waals surface area contributed by atoms with Crippen LogP contribution in [0.5, 0.6) is 5.75 Å². The fourth-order valence-corrected chi connectivity index (χ4v) is 2.52. The van der Waals surface area contributed by atoms with Crippen molar-refractivity contribution < 1.29 is 13.9 Å². The number of nitrogens with zero attached hydrogens (tertiary/aromatic N) is 2. The van der Waals surface area contributed by atoms with Gasteiger partial charge in [-0.25, -0.2) is 9.07 Å². The molecule has 2 aromatic carbocycles. The van der Waals surface area contributed by atoms with E-state index in [0.717, 1.165) is 6.42 Å². The number of aromatic nitrogens is 2. The van der Waals surface area contributed by atoms with Crippen molar-refractivity contribution in [3.8, 4) is 11.4 Å². The van der Waals surface area contributed by atoms with Crippen molar-refractivity contribution in [3.63, 3.8) is 0 Å². The van der Waals surface area contributed by atoms with E-state index in [1.165, 1.54) is 22.4 Å². The first-order chi connectivity index (χ1) is 12.6. The monoisotopic (exact) mass is 353 g/mol. The number of rotatable bonds is 6. The summed E-state index contributed by atoms with van der Waals surface area (Å²) in [6.07, 6.45) is 2.55. The number of halogens is 1. The van der Waals surface area contributed by atoms with Gasteiger partial charge in [0, 0.05) is 5.69 Å². The predicted octanol–water partition coefficient (Wildman–Crippen LogP) is 4.22. The molecule has 3 rings (SSSR count). The van der Waals surface area contributed by atoms with Crippen molar-refractivity contribution in [2.45, 2.75) is 20.3 Å². The first-order valence-electron chi connectivity index (χ1n) is 8.49. The summed E-state index contributed by atoms with van der Waals surface area (Å²) in [5, 5.41) is 7.14. The van der Waals surface area contributed by atoms with Crippen LogP contribution in [-0.4, -0.2) is 22.3 Å². The molecule has 1 N–H and O–H groups in total. The SMILES string of the molecule is CCOc1cn(-c2ccc(F)cc2)nc1C(=O)Nc1ccc(CC)cc1. The van der Waals surface area contributed by atoms with Crippen molar-refractivity contribution in [1.29, 1.82) is 0 Å². The highest BCUT2D eigenvalue weighted by Gasteiger charge is 2.19. The summed E-state index contributed by atoms with van der Waals surface area (Å²) in [6.45, 7) is 4.31. The van der Waals surface area contributed by atoms with Crippen LogP contribution in [0.1, 0.15) is 29.9 Å². The molecule has 1 amide bonds. The Hall–Kier alpha value is -3.15. The first kappa shape index (κ1) is 17.7. The van der Waals surface area contributed by atoms with Gasteiger partial charge in [-0.1, -0.05) is 19.1 Å². The van der Waals surface area contributed by atoms with Gasteiger partial charge < -0.3 is 10.1 Å². The van der Waals surface area contributed by atoms with E-state index in [1.807, 2.05) is 31.2 Å². The maximum Gasteiger partial charge on any atom is 0.280 e. The number of hydrogen-bond donors (Lipinski definition) is 1. The zero-order valence-electron chi connectivity index (χ0n) is 14.7. The Labute approximate surface area is 151 Å². The lowest BCUT2D eigenvalue weighted by Crippen LogP contribution is -2.14. The lowest BCUT2D eigenvalue weighted by molar-refractivity contribution is 0.101. The van der Waals surface area contributed by atoms with E-state index >= 15 is 0 Å². The van der Waals surface area contributed by atoms with Crippen molar-refractivity contribution in [2.24, 2.45) is 0 Å². The van der Waals surface area contributed by atoms with Gasteiger partial charge >= 0.3 is 0 Å². The summed E-state index contributed by atoms with van der Waals surface area (Å²) >= 11 is 0. The van der Waals surface area contributed by atoms with E-state index in [2.05, 4.69) is 17.3 Å². The van der Waals surface area contributed by atoms with Crippen LogP contribution < -0.4 is 10.1 Å². The van der Waals surface area contributed by atoms with Crippen molar-refractivity contribution in [2.75, 3.05) is 11.9 Å². The molecular weight excluding hydrogens is 333 g/mol. The Morgan fingerprint density at radius 1 is 1.12 bits per heavy atom. The molecule has 0 saturated carbocycles. The molecule has 5 nitrogen and oxygen atoms in total. The number of nitrogens with one attached hydrogen (secondary N) is 1. The quantitative estimate of drug-likeness (QED) is 0.722. The molecule has 0 radical (unpaired) electrons. The summed E-state index contributed by atoms with van der Waals surface area (Å²) in [5.74, 6) is -0.322. The zero-order valence-corrected chi connectivity index (χ0v) is 14.7. The van der Waals surface area contributed by atoms with Crippen LogP contribution in [0.2, 0.25) is 0 Å². The molecule has 26 heavy (non-hydrogen) atoms. The third-order valence-corrected chi connectivity index (χ3v) is 3.91. The molecular formula is C20H20FN3O2. The number of benzene rings is 2. The fourth-order valence-electron chi connectivity index (χ4n) is 2.52. The summed E-state index contributed by atoms with van der Waals surface area (Å²) in [4.78, 5) is 12.6. The van der Waals surface area contributed by atoms with Gasteiger partial charge in [-0.3, -0.25) is 4.79 Å². The van der Waals surface area contributed by atoms with Gasteiger partial charge in [-0.2, -0.15) is 5.10 Å². The van der Waals surface area contributed by atoms with Crippen LogP contribution in [0, 0.1) is 5.82 Å². The van der Waals surface area contributed by atoms with Crippen molar-refractivity contribution in [3.05, 3.63) is 71.8 Å². The van der Waals surface area contributed by atoms with Crippen LogP contribution in [0.25, 0.3) is 5.69 Å². The molecule has 0 spiro atoms. The molecule has 0 atom stereocenters. The number of aryl methyl sites for hydroxylation is 1. The Morgan fingerprint density at radius 2 is 1.81 bits per heavy atom. The number of ether oxygens (including phenoxy) is 1. The average Bonchev–Trinajstić information content (AvgIpc) is 3.07. The average molecular weight is 353 g/mol. The summed E-state index contributed by atoms with van der Waals surface area (Å²) in [6, 6.07) is 13.5. The minimum atomic E-state index is -0.362. The molecule has 0 unspecified atom stereocenters. The lowest BCUT2D eigenvalue weighted by Gasteiger charge is -2.06. The molecule has 3 aromatic rings. The fraction of sp³-hybridized carbons (Fsp3) is 0.200. The summed E-state index contributed by atoms with van der Waals surface area (Å²) < 4.78 is 20.2. The molecule has 0 aliphatic rings. The number of anilines is 1. The Kier molecular flexibility index (Phi) is 5.31.